The van der Waals surface area contributed by atoms with Crippen molar-refractivity contribution in [1.29, 1.82) is 0 Å². The highest BCUT2D eigenvalue weighted by molar-refractivity contribution is 7.12. The van der Waals surface area contributed by atoms with Crippen LogP contribution >= 0.6 is 11.5 Å². The van der Waals surface area contributed by atoms with Gasteiger partial charge in [0.25, 0.3) is 5.91 Å². The third kappa shape index (κ3) is 2.53. The minimum atomic E-state index is -0.135. The molecule has 1 N–H and O–H groups in total. The maximum absolute atomic E-state index is 12.2. The first kappa shape index (κ1) is 12.7. The molecule has 0 unspecified atom stereocenters. The molecule has 5 heteroatoms. The highest BCUT2D eigenvalue weighted by Gasteiger charge is 2.08. The molecule has 0 saturated heterocycles. The van der Waals surface area contributed by atoms with Crippen LogP contribution in [0.5, 0.6) is 0 Å². The number of aryl methyl sites for hydroxylation is 1. The van der Waals surface area contributed by atoms with Crippen LogP contribution in [0.3, 0.4) is 0 Å². The Morgan fingerprint density at radius 2 is 2.00 bits per heavy atom. The lowest BCUT2D eigenvalue weighted by atomic mass is 10.1. The van der Waals surface area contributed by atoms with E-state index < -0.39 is 0 Å². The summed E-state index contributed by atoms with van der Waals surface area (Å²) < 4.78 is 4.85. The fourth-order valence-electron chi connectivity index (χ4n) is 1.95. The summed E-state index contributed by atoms with van der Waals surface area (Å²) in [6.07, 6.45) is 0.988. The minimum Gasteiger partial charge on any atom is -0.322 e. The van der Waals surface area contributed by atoms with Gasteiger partial charge in [-0.2, -0.15) is 0 Å². The predicted molar refractivity (Wildman–Crippen MR) is 81.2 cm³/mol. The topological polar surface area (TPSA) is 54.9 Å². The Morgan fingerprint density at radius 1 is 1.20 bits per heavy atom. The standard InChI is InChI=1S/C15H13N3OS/c1-2-10-3-6-12(7-4-10)16-15(19)11-5-8-14-13(9-11)17-18-20-14/h3-9H,2H2,1H3,(H,16,19). The molecule has 1 amide bonds. The quantitative estimate of drug-likeness (QED) is 0.800. The van der Waals surface area contributed by atoms with Gasteiger partial charge in [-0.1, -0.05) is 23.5 Å². The molecule has 0 saturated carbocycles. The molecule has 1 aromatic heterocycles. The zero-order chi connectivity index (χ0) is 13.9. The molecule has 2 aromatic carbocycles. The van der Waals surface area contributed by atoms with Gasteiger partial charge in [-0.3, -0.25) is 4.79 Å². The van der Waals surface area contributed by atoms with Crippen molar-refractivity contribution in [2.75, 3.05) is 5.32 Å². The summed E-state index contributed by atoms with van der Waals surface area (Å²) >= 11 is 1.32. The molecule has 4 nitrogen and oxygen atoms in total. The number of anilines is 1. The summed E-state index contributed by atoms with van der Waals surface area (Å²) in [7, 11) is 0. The van der Waals surface area contributed by atoms with Crippen LogP contribution in [0.1, 0.15) is 22.8 Å². The van der Waals surface area contributed by atoms with E-state index in [-0.39, 0.29) is 5.91 Å². The Balaban J connectivity index is 1.80. The van der Waals surface area contributed by atoms with Gasteiger partial charge in [-0.25, -0.2) is 0 Å². The van der Waals surface area contributed by atoms with Crippen LogP contribution in [0.4, 0.5) is 5.69 Å². The Labute approximate surface area is 120 Å². The summed E-state index contributed by atoms with van der Waals surface area (Å²) in [4.78, 5) is 12.2. The van der Waals surface area contributed by atoms with Gasteiger partial charge in [0.1, 0.15) is 5.52 Å². The van der Waals surface area contributed by atoms with Gasteiger partial charge < -0.3 is 5.32 Å². The number of hydrogen-bond acceptors (Lipinski definition) is 4. The molecule has 0 aliphatic heterocycles. The molecule has 1 heterocycles. The first-order valence-corrected chi connectivity index (χ1v) is 7.16. The lowest BCUT2D eigenvalue weighted by Crippen LogP contribution is -2.11. The van der Waals surface area contributed by atoms with Crippen molar-refractivity contribution in [3.8, 4) is 0 Å². The SMILES string of the molecule is CCc1ccc(NC(=O)c2ccc3snnc3c2)cc1. The average Bonchev–Trinajstić information content (AvgIpc) is 2.95. The molecule has 0 spiro atoms. The summed E-state index contributed by atoms with van der Waals surface area (Å²) in [5.41, 5.74) is 3.38. The summed E-state index contributed by atoms with van der Waals surface area (Å²) in [6.45, 7) is 2.10. The third-order valence-corrected chi connectivity index (χ3v) is 3.83. The molecule has 0 bridgehead atoms. The molecule has 0 radical (unpaired) electrons. The second kappa shape index (κ2) is 5.38. The van der Waals surface area contributed by atoms with E-state index in [4.69, 9.17) is 0 Å². The fourth-order valence-corrected chi connectivity index (χ4v) is 2.49. The van der Waals surface area contributed by atoms with E-state index in [9.17, 15) is 4.79 Å². The third-order valence-electron chi connectivity index (χ3n) is 3.13. The van der Waals surface area contributed by atoms with Crippen molar-refractivity contribution in [2.24, 2.45) is 0 Å². The number of aromatic nitrogens is 2. The van der Waals surface area contributed by atoms with Crippen molar-refractivity contribution in [3.05, 3.63) is 53.6 Å². The van der Waals surface area contributed by atoms with Crippen LogP contribution in [-0.4, -0.2) is 15.5 Å². The van der Waals surface area contributed by atoms with Crippen LogP contribution < -0.4 is 5.32 Å². The van der Waals surface area contributed by atoms with Crippen LogP contribution in [0.25, 0.3) is 10.2 Å². The summed E-state index contributed by atoms with van der Waals surface area (Å²) in [5.74, 6) is -0.135. The molecule has 0 aliphatic carbocycles. The fraction of sp³-hybridized carbons (Fsp3) is 0.133. The van der Waals surface area contributed by atoms with Gasteiger partial charge in [0, 0.05) is 11.3 Å². The zero-order valence-electron chi connectivity index (χ0n) is 11.0. The highest BCUT2D eigenvalue weighted by Crippen LogP contribution is 2.18. The van der Waals surface area contributed by atoms with Gasteiger partial charge >= 0.3 is 0 Å². The number of rotatable bonds is 3. The van der Waals surface area contributed by atoms with Crippen molar-refractivity contribution in [1.82, 2.24) is 9.59 Å². The van der Waals surface area contributed by atoms with Crippen LogP contribution in [-0.2, 0) is 6.42 Å². The summed E-state index contributed by atoms with van der Waals surface area (Å²) in [6, 6.07) is 13.3. The maximum Gasteiger partial charge on any atom is 0.255 e. The van der Waals surface area contributed by atoms with Gasteiger partial charge in [0.05, 0.1) is 4.70 Å². The number of fused-ring (bicyclic) bond motifs is 1. The number of hydrogen-bond donors (Lipinski definition) is 1. The maximum atomic E-state index is 12.2. The number of nitrogens with zero attached hydrogens (tertiary/aromatic N) is 2. The smallest absolute Gasteiger partial charge is 0.255 e. The van der Waals surface area contributed by atoms with Crippen molar-refractivity contribution < 1.29 is 4.79 Å². The second-order valence-corrected chi connectivity index (χ2v) is 5.25. The highest BCUT2D eigenvalue weighted by atomic mass is 32.1. The number of nitrogens with one attached hydrogen (secondary N) is 1. The number of benzene rings is 2. The van der Waals surface area contributed by atoms with Crippen molar-refractivity contribution in [3.63, 3.8) is 0 Å². The molecule has 0 aliphatic rings. The largest absolute Gasteiger partial charge is 0.322 e. The normalized spacial score (nSPS) is 10.7. The van der Waals surface area contributed by atoms with E-state index >= 15 is 0 Å². The minimum absolute atomic E-state index is 0.135. The molecule has 0 fully saturated rings. The molecule has 20 heavy (non-hydrogen) atoms. The van der Waals surface area contributed by atoms with E-state index in [2.05, 4.69) is 21.8 Å². The van der Waals surface area contributed by atoms with E-state index in [1.54, 1.807) is 12.1 Å². The number of carbonyl (C=O) groups excluding carboxylic acids is 1. The Hall–Kier alpha value is -2.27. The molecule has 100 valence electrons. The van der Waals surface area contributed by atoms with Crippen LogP contribution in [0, 0.1) is 0 Å². The molecular formula is C15H13N3OS. The van der Waals surface area contributed by atoms with Gasteiger partial charge in [-0.05, 0) is 53.8 Å². The summed E-state index contributed by atoms with van der Waals surface area (Å²) in [5, 5.41) is 6.86. The Morgan fingerprint density at radius 3 is 2.75 bits per heavy atom. The number of amides is 1. The Bertz CT molecular complexity index is 749. The monoisotopic (exact) mass is 283 g/mol. The first-order chi connectivity index (χ1) is 9.76. The average molecular weight is 283 g/mol. The zero-order valence-corrected chi connectivity index (χ0v) is 11.8. The second-order valence-electron chi connectivity index (χ2n) is 4.46. The lowest BCUT2D eigenvalue weighted by molar-refractivity contribution is 0.102. The molecule has 3 aromatic rings. The van der Waals surface area contributed by atoms with Crippen molar-refractivity contribution in [2.45, 2.75) is 13.3 Å². The first-order valence-electron chi connectivity index (χ1n) is 6.38. The van der Waals surface area contributed by atoms with Gasteiger partial charge in [0.2, 0.25) is 0 Å². The molecular weight excluding hydrogens is 270 g/mol. The number of carbonyl (C=O) groups is 1. The molecule has 0 atom stereocenters. The predicted octanol–water partition coefficient (Wildman–Crippen LogP) is 3.51. The van der Waals surface area contributed by atoms with E-state index in [0.717, 1.165) is 22.3 Å². The van der Waals surface area contributed by atoms with E-state index in [0.29, 0.717) is 5.56 Å². The van der Waals surface area contributed by atoms with E-state index in [1.165, 1.54) is 17.1 Å². The molecule has 3 rings (SSSR count). The van der Waals surface area contributed by atoms with Crippen molar-refractivity contribution >= 4 is 33.3 Å². The lowest BCUT2D eigenvalue weighted by Gasteiger charge is -2.06. The van der Waals surface area contributed by atoms with E-state index in [1.807, 2.05) is 30.3 Å². The Kier molecular flexibility index (Phi) is 3.43. The van der Waals surface area contributed by atoms with Gasteiger partial charge in [-0.15, -0.1) is 5.10 Å². The van der Waals surface area contributed by atoms with Crippen LogP contribution in [0.15, 0.2) is 42.5 Å². The van der Waals surface area contributed by atoms with Gasteiger partial charge in [0.15, 0.2) is 0 Å². The van der Waals surface area contributed by atoms with Crippen LogP contribution in [0.2, 0.25) is 0 Å².